The third kappa shape index (κ3) is 1.99. The van der Waals surface area contributed by atoms with Crippen molar-refractivity contribution in [2.75, 3.05) is 0 Å². The molecule has 0 spiro atoms. The summed E-state index contributed by atoms with van der Waals surface area (Å²) < 4.78 is 1.93. The topological polar surface area (TPSA) is 56.2 Å². The van der Waals surface area contributed by atoms with Gasteiger partial charge in [-0.1, -0.05) is 35.9 Å². The number of rotatable bonds is 1. The second kappa shape index (κ2) is 4.60. The molecule has 5 heteroatoms. The number of para-hydroxylation sites is 2. The summed E-state index contributed by atoms with van der Waals surface area (Å²) >= 11 is 5.94. The normalized spacial score (nSPS) is 17.6. The number of nitrogens with two attached hydrogens (primary N) is 1. The zero-order valence-corrected chi connectivity index (χ0v) is 12.0. The second-order valence-electron chi connectivity index (χ2n) is 5.11. The molecule has 1 unspecified atom stereocenters. The molecule has 4 nitrogen and oxygen atoms in total. The molecular weight excluding hydrogens is 284 g/mol. The number of hydrogen-bond donors (Lipinski definition) is 1. The highest BCUT2D eigenvalue weighted by Gasteiger charge is 2.23. The van der Waals surface area contributed by atoms with Crippen LogP contribution in [-0.4, -0.2) is 15.5 Å². The number of benzene rings is 2. The molecule has 1 aliphatic heterocycles. The van der Waals surface area contributed by atoms with E-state index in [4.69, 9.17) is 17.3 Å². The van der Waals surface area contributed by atoms with Crippen LogP contribution in [0.2, 0.25) is 5.02 Å². The van der Waals surface area contributed by atoms with Crippen molar-refractivity contribution >= 4 is 28.6 Å². The summed E-state index contributed by atoms with van der Waals surface area (Å²) in [4.78, 5) is 9.29. The van der Waals surface area contributed by atoms with Gasteiger partial charge in [-0.3, -0.25) is 4.57 Å². The Balaban J connectivity index is 1.81. The summed E-state index contributed by atoms with van der Waals surface area (Å²) in [5.74, 6) is 1.44. The molecule has 0 saturated carbocycles. The summed E-state index contributed by atoms with van der Waals surface area (Å²) in [6, 6.07) is 15.7. The summed E-state index contributed by atoms with van der Waals surface area (Å²) in [7, 11) is 0. The van der Waals surface area contributed by atoms with Gasteiger partial charge in [0.05, 0.1) is 17.1 Å². The van der Waals surface area contributed by atoms with Gasteiger partial charge in [0.1, 0.15) is 5.82 Å². The van der Waals surface area contributed by atoms with Gasteiger partial charge in [-0.15, -0.1) is 0 Å². The van der Waals surface area contributed by atoms with Gasteiger partial charge in [0.2, 0.25) is 5.96 Å². The van der Waals surface area contributed by atoms with Crippen molar-refractivity contribution in [1.29, 1.82) is 0 Å². The van der Waals surface area contributed by atoms with Gasteiger partial charge in [-0.05, 0) is 29.8 Å². The van der Waals surface area contributed by atoms with E-state index >= 15 is 0 Å². The average Bonchev–Trinajstić information content (AvgIpc) is 2.86. The summed E-state index contributed by atoms with van der Waals surface area (Å²) in [6.45, 7) is 0. The fourth-order valence-electron chi connectivity index (χ4n) is 2.78. The minimum Gasteiger partial charge on any atom is -0.369 e. The van der Waals surface area contributed by atoms with Gasteiger partial charge in [0.15, 0.2) is 0 Å². The standard InChI is InChI=1S/C16H13ClN4/c17-11-7-5-10(6-8-11)13-9-15-19-12-3-1-2-4-14(12)21(15)16(18)20-13/h1-8,13H,9H2,(H2,18,20). The van der Waals surface area contributed by atoms with Crippen molar-refractivity contribution in [2.45, 2.75) is 12.5 Å². The van der Waals surface area contributed by atoms with Crippen LogP contribution in [0.5, 0.6) is 0 Å². The first-order valence-corrected chi connectivity index (χ1v) is 7.15. The number of aromatic nitrogens is 2. The van der Waals surface area contributed by atoms with Gasteiger partial charge >= 0.3 is 0 Å². The van der Waals surface area contributed by atoms with Crippen LogP contribution < -0.4 is 5.73 Å². The maximum Gasteiger partial charge on any atom is 0.202 e. The van der Waals surface area contributed by atoms with Crippen LogP contribution in [0.3, 0.4) is 0 Å². The summed E-state index contributed by atoms with van der Waals surface area (Å²) in [5.41, 5.74) is 9.21. The maximum absolute atomic E-state index is 6.16. The highest BCUT2D eigenvalue weighted by atomic mass is 35.5. The molecule has 0 aliphatic carbocycles. The lowest BCUT2D eigenvalue weighted by Gasteiger charge is -2.20. The number of hydrogen-bond acceptors (Lipinski definition) is 3. The minimum atomic E-state index is -0.00780. The Hall–Kier alpha value is -2.33. The first-order valence-electron chi connectivity index (χ1n) is 6.78. The third-order valence-electron chi connectivity index (χ3n) is 3.78. The van der Waals surface area contributed by atoms with E-state index in [9.17, 15) is 0 Å². The molecule has 21 heavy (non-hydrogen) atoms. The molecule has 2 heterocycles. The number of nitrogens with zero attached hydrogens (tertiary/aromatic N) is 3. The van der Waals surface area contributed by atoms with E-state index in [0.717, 1.165) is 33.9 Å². The fourth-order valence-corrected chi connectivity index (χ4v) is 2.91. The monoisotopic (exact) mass is 296 g/mol. The third-order valence-corrected chi connectivity index (χ3v) is 4.03. The Morgan fingerprint density at radius 3 is 2.67 bits per heavy atom. The Morgan fingerprint density at radius 2 is 1.86 bits per heavy atom. The number of halogens is 1. The van der Waals surface area contributed by atoms with Crippen LogP contribution in [0.4, 0.5) is 0 Å². The summed E-state index contributed by atoms with van der Waals surface area (Å²) in [6.07, 6.45) is 0.733. The predicted octanol–water partition coefficient (Wildman–Crippen LogP) is 3.15. The number of fused-ring (bicyclic) bond motifs is 3. The number of imidazole rings is 1. The number of aliphatic imine (C=N–C) groups is 1. The van der Waals surface area contributed by atoms with Crippen LogP contribution in [0, 0.1) is 0 Å². The molecule has 1 aliphatic rings. The van der Waals surface area contributed by atoms with Crippen molar-refractivity contribution in [3.8, 4) is 0 Å². The molecule has 2 N–H and O–H groups in total. The van der Waals surface area contributed by atoms with Crippen LogP contribution in [0.25, 0.3) is 11.0 Å². The van der Waals surface area contributed by atoms with E-state index in [1.54, 1.807) is 0 Å². The van der Waals surface area contributed by atoms with Crippen LogP contribution in [0.15, 0.2) is 53.5 Å². The first-order chi connectivity index (χ1) is 10.2. The lowest BCUT2D eigenvalue weighted by molar-refractivity contribution is 0.655. The maximum atomic E-state index is 6.16. The van der Waals surface area contributed by atoms with Gasteiger partial charge in [-0.2, -0.15) is 0 Å². The Labute approximate surface area is 126 Å². The highest BCUT2D eigenvalue weighted by Crippen LogP contribution is 2.29. The molecule has 4 rings (SSSR count). The zero-order chi connectivity index (χ0) is 14.4. The highest BCUT2D eigenvalue weighted by molar-refractivity contribution is 6.30. The molecule has 0 radical (unpaired) electrons. The average molecular weight is 297 g/mol. The summed E-state index contributed by atoms with van der Waals surface area (Å²) in [5, 5.41) is 0.721. The van der Waals surface area contributed by atoms with Crippen molar-refractivity contribution in [1.82, 2.24) is 9.55 Å². The molecule has 1 atom stereocenters. The van der Waals surface area contributed by atoms with Crippen molar-refractivity contribution in [3.05, 3.63) is 64.9 Å². The predicted molar refractivity (Wildman–Crippen MR) is 84.7 cm³/mol. The van der Waals surface area contributed by atoms with E-state index in [-0.39, 0.29) is 6.04 Å². The van der Waals surface area contributed by atoms with Crippen molar-refractivity contribution in [3.63, 3.8) is 0 Å². The minimum absolute atomic E-state index is 0.00780. The molecule has 0 saturated heterocycles. The van der Waals surface area contributed by atoms with Crippen molar-refractivity contribution < 1.29 is 0 Å². The molecule has 2 aromatic carbocycles. The van der Waals surface area contributed by atoms with E-state index in [2.05, 4.69) is 9.98 Å². The quantitative estimate of drug-likeness (QED) is 0.750. The Kier molecular flexibility index (Phi) is 2.72. The van der Waals surface area contributed by atoms with Gasteiger partial charge < -0.3 is 5.73 Å². The largest absolute Gasteiger partial charge is 0.369 e. The first kappa shape index (κ1) is 12.4. The zero-order valence-electron chi connectivity index (χ0n) is 11.2. The molecule has 0 fully saturated rings. The molecule has 0 amide bonds. The smallest absolute Gasteiger partial charge is 0.202 e. The van der Waals surface area contributed by atoms with Gasteiger partial charge in [-0.25, -0.2) is 9.98 Å². The van der Waals surface area contributed by atoms with Gasteiger partial charge in [0, 0.05) is 11.4 Å². The second-order valence-corrected chi connectivity index (χ2v) is 5.55. The van der Waals surface area contributed by atoms with E-state index in [1.165, 1.54) is 0 Å². The van der Waals surface area contributed by atoms with Crippen LogP contribution in [0.1, 0.15) is 17.4 Å². The van der Waals surface area contributed by atoms with Crippen LogP contribution in [-0.2, 0) is 6.42 Å². The van der Waals surface area contributed by atoms with E-state index in [1.807, 2.05) is 53.1 Å². The lowest BCUT2D eigenvalue weighted by atomic mass is 10.0. The Bertz CT molecular complexity index is 848. The van der Waals surface area contributed by atoms with E-state index < -0.39 is 0 Å². The van der Waals surface area contributed by atoms with Crippen LogP contribution >= 0.6 is 11.6 Å². The molecule has 104 valence electrons. The lowest BCUT2D eigenvalue weighted by Crippen LogP contribution is -2.29. The molecule has 0 bridgehead atoms. The SMILES string of the molecule is NC1=NC(c2ccc(Cl)cc2)Cc2nc3ccccc3n21. The Morgan fingerprint density at radius 1 is 1.10 bits per heavy atom. The molecule has 1 aromatic heterocycles. The molecule has 3 aromatic rings. The van der Waals surface area contributed by atoms with Crippen molar-refractivity contribution in [2.24, 2.45) is 10.7 Å². The van der Waals surface area contributed by atoms with E-state index in [0.29, 0.717) is 5.96 Å². The fraction of sp³-hybridized carbons (Fsp3) is 0.125. The molecular formula is C16H13ClN4. The van der Waals surface area contributed by atoms with Gasteiger partial charge in [0.25, 0.3) is 0 Å².